The molecule has 0 aliphatic heterocycles. The van der Waals surface area contributed by atoms with Crippen LogP contribution in [0.15, 0.2) is 0 Å². The number of hydrogen-bond donors (Lipinski definition) is 2. The van der Waals surface area contributed by atoms with Crippen LogP contribution in [0, 0.1) is 7.43 Å². The fraction of sp³-hybridized carbons (Fsp3) is 0.875. The van der Waals surface area contributed by atoms with E-state index in [0.717, 1.165) is 0 Å². The Balaban J connectivity index is -0.00000000522. The Kier molecular flexibility index (Phi) is 2680. The van der Waals surface area contributed by atoms with Gasteiger partial charge in [0.25, 0.3) is 0 Å². The molecule has 0 aromatic rings. The topological polar surface area (TPSA) is 85.5 Å². The van der Waals surface area contributed by atoms with Gasteiger partial charge < -0.3 is 25.0 Å². The summed E-state index contributed by atoms with van der Waals surface area (Å²) in [5.41, 5.74) is 9.25. The van der Waals surface area contributed by atoms with Gasteiger partial charge in [-0.15, -0.1) is 0 Å². The van der Waals surface area contributed by atoms with Gasteiger partial charge >= 0.3 is 18.6 Å². The second-order valence-corrected chi connectivity index (χ2v) is 0.236. The van der Waals surface area contributed by atoms with Crippen LogP contribution in [0.4, 0.5) is 0 Å². The van der Waals surface area contributed by atoms with E-state index >= 15 is 0 Å². The predicted molar refractivity (Wildman–Crippen MR) is 59.0 cm³/mol. The van der Waals surface area contributed by atoms with Crippen LogP contribution in [0.2, 0.25) is 0 Å². The van der Waals surface area contributed by atoms with Crippen molar-refractivity contribution in [3.63, 3.8) is 0 Å². The molecule has 0 bridgehead atoms. The van der Waals surface area contributed by atoms with E-state index in [-0.39, 0.29) is 38.8 Å². The van der Waals surface area contributed by atoms with Gasteiger partial charge in [0.1, 0.15) is 0 Å². The van der Waals surface area contributed by atoms with Crippen LogP contribution in [-0.2, 0) is 18.6 Å². The minimum atomic E-state index is 0. The van der Waals surface area contributed by atoms with E-state index in [1.807, 2.05) is 41.5 Å². The van der Waals surface area contributed by atoms with Crippen molar-refractivity contribution in [2.75, 3.05) is 6.67 Å². The molecule has 0 aromatic heterocycles. The summed E-state index contributed by atoms with van der Waals surface area (Å²) in [4.78, 5) is 0. The summed E-state index contributed by atoms with van der Waals surface area (Å²) in [5.74, 6) is 0. The maximum Gasteiger partial charge on any atom is 2.00 e. The predicted octanol–water partition coefficient (Wildman–Crippen LogP) is 3.10. The fourth-order valence-corrected chi connectivity index (χ4v) is 0. The summed E-state index contributed by atoms with van der Waals surface area (Å²) in [7, 11) is 0. The normalized spacial score (nSPS) is 3.00. The summed E-state index contributed by atoms with van der Waals surface area (Å²) >= 11 is 0. The molecule has 0 aliphatic carbocycles. The molecule has 0 spiro atoms. The molecule has 0 saturated carbocycles. The summed E-state index contributed by atoms with van der Waals surface area (Å²) in [5, 5.41) is 0. The van der Waals surface area contributed by atoms with Gasteiger partial charge in [-0.2, -0.15) is 0 Å². The molecule has 0 saturated heterocycles. The van der Waals surface area contributed by atoms with Crippen LogP contribution in [0.3, 0.4) is 0 Å². The molecular weight excluding hydrogens is 189 g/mol. The Bertz CT molecular complexity index is 14.3. The van der Waals surface area contributed by atoms with Crippen molar-refractivity contribution < 1.29 is 18.6 Å². The van der Waals surface area contributed by atoms with Gasteiger partial charge in [-0.05, 0) is 0 Å². The van der Waals surface area contributed by atoms with Gasteiger partial charge in [0.15, 0.2) is 0 Å². The first kappa shape index (κ1) is 54.9. The van der Waals surface area contributed by atoms with Crippen molar-refractivity contribution in [3.05, 3.63) is 13.6 Å². The maximum atomic E-state index is 4.62. The van der Waals surface area contributed by atoms with Crippen molar-refractivity contribution >= 4 is 0 Å². The van der Waals surface area contributed by atoms with Crippen LogP contribution >= 0.6 is 0 Å². The third-order valence-electron chi connectivity index (χ3n) is 0. The Morgan fingerprint density at radius 1 is 0.750 bits per heavy atom. The third-order valence-corrected chi connectivity index (χ3v) is 0. The van der Waals surface area contributed by atoms with Crippen LogP contribution < -0.4 is 11.5 Å². The SMILES string of the molecule is CC.CC.CC.NCN.[CH3-].[NH2-].[V+2]. The van der Waals surface area contributed by atoms with E-state index in [0.29, 0.717) is 0 Å². The molecule has 0 atom stereocenters. The molecule has 81 valence electrons. The monoisotopic (exact) mass is 218 g/mol. The van der Waals surface area contributed by atoms with Crippen molar-refractivity contribution in [1.29, 1.82) is 0 Å². The zero-order valence-electron chi connectivity index (χ0n) is 9.89. The van der Waals surface area contributed by atoms with Crippen molar-refractivity contribution in [1.82, 2.24) is 0 Å². The Morgan fingerprint density at radius 3 is 0.750 bits per heavy atom. The first-order valence-corrected chi connectivity index (χ1v) is 3.82. The van der Waals surface area contributed by atoms with E-state index in [2.05, 4.69) is 11.5 Å². The molecule has 0 amide bonds. The molecule has 0 aliphatic rings. The molecule has 0 fully saturated rings. The molecule has 0 aromatic carbocycles. The average molecular weight is 218 g/mol. The average Bonchev–Trinajstić information content (AvgIpc) is 2.01. The molecule has 0 rings (SSSR count). The zero-order chi connectivity index (χ0) is 8.71. The molecule has 0 heterocycles. The number of nitrogens with two attached hydrogens (primary N) is 3. The molecule has 6 N–H and O–H groups in total. The van der Waals surface area contributed by atoms with E-state index in [9.17, 15) is 0 Å². The molecule has 4 heteroatoms. The van der Waals surface area contributed by atoms with E-state index in [1.54, 1.807) is 0 Å². The van der Waals surface area contributed by atoms with E-state index in [4.69, 9.17) is 0 Å². The van der Waals surface area contributed by atoms with Gasteiger partial charge in [0.2, 0.25) is 0 Å². The van der Waals surface area contributed by atoms with Gasteiger partial charge in [0, 0.05) is 6.67 Å². The molecule has 3 nitrogen and oxygen atoms in total. The molecule has 12 heavy (non-hydrogen) atoms. The summed E-state index contributed by atoms with van der Waals surface area (Å²) < 4.78 is 0. The minimum Gasteiger partial charge on any atom is -0.693 e. The van der Waals surface area contributed by atoms with Crippen LogP contribution in [-0.4, -0.2) is 6.67 Å². The number of hydrogen-bond acceptors (Lipinski definition) is 2. The van der Waals surface area contributed by atoms with Gasteiger partial charge in [-0.3, -0.25) is 0 Å². The summed E-state index contributed by atoms with van der Waals surface area (Å²) in [6, 6.07) is 0. The minimum absolute atomic E-state index is 0. The molecule has 0 unspecified atom stereocenters. The third kappa shape index (κ3) is 4350. The zero-order valence-corrected chi connectivity index (χ0v) is 11.3. The van der Waals surface area contributed by atoms with Crippen LogP contribution in [0.25, 0.3) is 6.15 Å². The van der Waals surface area contributed by atoms with E-state index in [1.165, 1.54) is 0 Å². The Labute approximate surface area is 92.1 Å². The standard InChI is InChI=1S/3C2H6.CH6N2.CH3.H2N.V/c3*1-2;2-1-3;;;/h3*1-2H3;1-3H2;1H3;1H2;/q;;;;2*-1;+2. The quantitative estimate of drug-likeness (QED) is 0.483. The second-order valence-electron chi connectivity index (χ2n) is 0.236. The first-order valence-electron chi connectivity index (χ1n) is 3.82. The van der Waals surface area contributed by atoms with Crippen molar-refractivity contribution in [3.8, 4) is 0 Å². The Hall–Kier alpha value is 0.464. The van der Waals surface area contributed by atoms with Crippen LogP contribution in [0.1, 0.15) is 41.5 Å². The smallest absolute Gasteiger partial charge is 0.693 e. The summed E-state index contributed by atoms with van der Waals surface area (Å²) in [6.45, 7) is 12.2. The number of rotatable bonds is 0. The maximum absolute atomic E-state index is 4.62. The van der Waals surface area contributed by atoms with Gasteiger partial charge in [-0.1, -0.05) is 41.5 Å². The fourth-order valence-electron chi connectivity index (χ4n) is 0. The molecular formula is C8H29N3V. The van der Waals surface area contributed by atoms with Crippen LogP contribution in [0.5, 0.6) is 0 Å². The van der Waals surface area contributed by atoms with Gasteiger partial charge in [0.05, 0.1) is 0 Å². The van der Waals surface area contributed by atoms with E-state index < -0.39 is 0 Å². The van der Waals surface area contributed by atoms with Gasteiger partial charge in [-0.25, -0.2) is 0 Å². The summed E-state index contributed by atoms with van der Waals surface area (Å²) in [6.07, 6.45) is 0. The second kappa shape index (κ2) is 585. The molecule has 1 radical (unpaired) electrons. The largest absolute Gasteiger partial charge is 2.00 e. The van der Waals surface area contributed by atoms with Crippen molar-refractivity contribution in [2.24, 2.45) is 11.5 Å². The Morgan fingerprint density at radius 2 is 0.750 bits per heavy atom. The van der Waals surface area contributed by atoms with Crippen molar-refractivity contribution in [2.45, 2.75) is 41.5 Å². The first-order chi connectivity index (χ1) is 4.41.